The van der Waals surface area contributed by atoms with Crippen molar-refractivity contribution in [2.75, 3.05) is 18.0 Å². The standard InChI is InChI=1S/C18H21ClN2O3S/c1-13-7-9-16(10-8-13)25(23,24)20-11-12-21(15(3)22)18-6-4-5-17(19)14(18)2/h4-10,20H,11-12H2,1-3H3. The summed E-state index contributed by atoms with van der Waals surface area (Å²) in [7, 11) is -3.61. The van der Waals surface area contributed by atoms with Gasteiger partial charge in [-0.2, -0.15) is 0 Å². The van der Waals surface area contributed by atoms with Gasteiger partial charge >= 0.3 is 0 Å². The van der Waals surface area contributed by atoms with E-state index in [0.717, 1.165) is 11.1 Å². The smallest absolute Gasteiger partial charge is 0.240 e. The fourth-order valence-corrected chi connectivity index (χ4v) is 3.62. The van der Waals surface area contributed by atoms with Gasteiger partial charge in [0.1, 0.15) is 0 Å². The number of carbonyl (C=O) groups is 1. The normalized spacial score (nSPS) is 11.4. The molecule has 0 radical (unpaired) electrons. The molecule has 1 amide bonds. The predicted molar refractivity (Wildman–Crippen MR) is 101 cm³/mol. The fraction of sp³-hybridized carbons (Fsp3) is 0.278. The fourth-order valence-electron chi connectivity index (χ4n) is 2.43. The first kappa shape index (κ1) is 19.4. The Bertz CT molecular complexity index is 864. The van der Waals surface area contributed by atoms with Crippen molar-refractivity contribution in [2.45, 2.75) is 25.7 Å². The third-order valence-electron chi connectivity index (χ3n) is 3.87. The van der Waals surface area contributed by atoms with Gasteiger partial charge in [-0.05, 0) is 43.7 Å². The van der Waals surface area contributed by atoms with Crippen LogP contribution in [0.25, 0.3) is 0 Å². The van der Waals surface area contributed by atoms with Crippen LogP contribution in [-0.4, -0.2) is 27.4 Å². The van der Waals surface area contributed by atoms with Crippen LogP contribution in [0.15, 0.2) is 47.4 Å². The molecule has 0 saturated heterocycles. The van der Waals surface area contributed by atoms with Gasteiger partial charge in [0.05, 0.1) is 4.90 Å². The molecule has 0 saturated carbocycles. The van der Waals surface area contributed by atoms with Crippen molar-refractivity contribution >= 4 is 33.2 Å². The quantitative estimate of drug-likeness (QED) is 0.836. The molecule has 0 heterocycles. The summed E-state index contributed by atoms with van der Waals surface area (Å²) in [5.74, 6) is -0.181. The van der Waals surface area contributed by atoms with E-state index in [2.05, 4.69) is 4.72 Å². The zero-order valence-electron chi connectivity index (χ0n) is 14.4. The Balaban J connectivity index is 2.11. The van der Waals surface area contributed by atoms with Crippen molar-refractivity contribution in [3.05, 3.63) is 58.6 Å². The molecule has 0 aliphatic heterocycles. The van der Waals surface area contributed by atoms with Crippen molar-refractivity contribution in [3.63, 3.8) is 0 Å². The Morgan fingerprint density at radius 3 is 2.36 bits per heavy atom. The van der Waals surface area contributed by atoms with E-state index in [4.69, 9.17) is 11.6 Å². The first-order chi connectivity index (χ1) is 11.7. The number of benzene rings is 2. The van der Waals surface area contributed by atoms with Crippen LogP contribution in [0.3, 0.4) is 0 Å². The van der Waals surface area contributed by atoms with Gasteiger partial charge in [0.25, 0.3) is 0 Å². The Morgan fingerprint density at radius 2 is 1.76 bits per heavy atom. The number of halogens is 1. The van der Waals surface area contributed by atoms with Crippen molar-refractivity contribution in [1.82, 2.24) is 4.72 Å². The summed E-state index contributed by atoms with van der Waals surface area (Å²) in [5, 5.41) is 0.559. The lowest BCUT2D eigenvalue weighted by Crippen LogP contribution is -2.37. The van der Waals surface area contributed by atoms with E-state index in [9.17, 15) is 13.2 Å². The Hall–Kier alpha value is -1.89. The van der Waals surface area contributed by atoms with E-state index >= 15 is 0 Å². The number of amides is 1. The second-order valence-corrected chi connectivity index (χ2v) is 7.94. The van der Waals surface area contributed by atoms with E-state index in [1.807, 2.05) is 13.8 Å². The molecule has 0 bridgehead atoms. The maximum atomic E-state index is 12.3. The minimum atomic E-state index is -3.61. The molecule has 0 spiro atoms. The number of aryl methyl sites for hydroxylation is 1. The number of rotatable bonds is 6. The molecule has 1 N–H and O–H groups in total. The lowest BCUT2D eigenvalue weighted by Gasteiger charge is -2.23. The number of nitrogens with zero attached hydrogens (tertiary/aromatic N) is 1. The second kappa shape index (κ2) is 7.99. The highest BCUT2D eigenvalue weighted by Crippen LogP contribution is 2.26. The molecule has 2 aromatic carbocycles. The summed E-state index contributed by atoms with van der Waals surface area (Å²) in [6.07, 6.45) is 0. The number of sulfonamides is 1. The van der Waals surface area contributed by atoms with Gasteiger partial charge < -0.3 is 4.90 Å². The van der Waals surface area contributed by atoms with Crippen LogP contribution in [0.1, 0.15) is 18.1 Å². The summed E-state index contributed by atoms with van der Waals surface area (Å²) in [5.41, 5.74) is 2.44. The van der Waals surface area contributed by atoms with Gasteiger partial charge in [-0.1, -0.05) is 35.4 Å². The highest BCUT2D eigenvalue weighted by molar-refractivity contribution is 7.89. The van der Waals surface area contributed by atoms with Crippen LogP contribution in [0.4, 0.5) is 5.69 Å². The first-order valence-electron chi connectivity index (χ1n) is 7.82. The van der Waals surface area contributed by atoms with Crippen LogP contribution in [0, 0.1) is 13.8 Å². The SMILES string of the molecule is CC(=O)N(CCNS(=O)(=O)c1ccc(C)cc1)c1cccc(Cl)c1C. The number of anilines is 1. The van der Waals surface area contributed by atoms with Gasteiger partial charge in [-0.25, -0.2) is 13.1 Å². The topological polar surface area (TPSA) is 66.5 Å². The molecular weight excluding hydrogens is 360 g/mol. The Labute approximate surface area is 153 Å². The van der Waals surface area contributed by atoms with E-state index in [-0.39, 0.29) is 23.9 Å². The van der Waals surface area contributed by atoms with E-state index in [1.54, 1.807) is 42.5 Å². The Morgan fingerprint density at radius 1 is 1.12 bits per heavy atom. The number of nitrogens with one attached hydrogen (secondary N) is 1. The third-order valence-corrected chi connectivity index (χ3v) is 5.76. The molecule has 0 aliphatic carbocycles. The number of hydrogen-bond acceptors (Lipinski definition) is 3. The van der Waals surface area contributed by atoms with Gasteiger partial charge in [0, 0.05) is 30.7 Å². The van der Waals surface area contributed by atoms with E-state index in [1.165, 1.54) is 11.8 Å². The van der Waals surface area contributed by atoms with Crippen molar-refractivity contribution in [3.8, 4) is 0 Å². The Kier molecular flexibility index (Phi) is 6.21. The maximum Gasteiger partial charge on any atom is 0.240 e. The zero-order valence-corrected chi connectivity index (χ0v) is 16.0. The summed E-state index contributed by atoms with van der Waals surface area (Å²) < 4.78 is 27.2. The van der Waals surface area contributed by atoms with Gasteiger partial charge in [-0.3, -0.25) is 4.79 Å². The molecule has 25 heavy (non-hydrogen) atoms. The minimum absolute atomic E-state index is 0.0990. The van der Waals surface area contributed by atoms with E-state index < -0.39 is 10.0 Å². The van der Waals surface area contributed by atoms with Crippen molar-refractivity contribution < 1.29 is 13.2 Å². The zero-order chi connectivity index (χ0) is 18.6. The first-order valence-corrected chi connectivity index (χ1v) is 9.68. The lowest BCUT2D eigenvalue weighted by atomic mass is 10.1. The van der Waals surface area contributed by atoms with Crippen LogP contribution in [0.5, 0.6) is 0 Å². The summed E-state index contributed by atoms with van der Waals surface area (Å²) in [6, 6.07) is 11.9. The van der Waals surface area contributed by atoms with Crippen molar-refractivity contribution in [1.29, 1.82) is 0 Å². The van der Waals surface area contributed by atoms with Crippen molar-refractivity contribution in [2.24, 2.45) is 0 Å². The van der Waals surface area contributed by atoms with Crippen LogP contribution in [-0.2, 0) is 14.8 Å². The maximum absolute atomic E-state index is 12.3. The lowest BCUT2D eigenvalue weighted by molar-refractivity contribution is -0.116. The molecule has 0 aromatic heterocycles. The minimum Gasteiger partial charge on any atom is -0.311 e. The van der Waals surface area contributed by atoms with Crippen LogP contribution < -0.4 is 9.62 Å². The highest BCUT2D eigenvalue weighted by Gasteiger charge is 2.17. The molecule has 0 fully saturated rings. The molecule has 5 nitrogen and oxygen atoms in total. The number of carbonyl (C=O) groups excluding carboxylic acids is 1. The summed E-state index contributed by atoms with van der Waals surface area (Å²) in [4.78, 5) is 13.7. The summed E-state index contributed by atoms with van der Waals surface area (Å²) in [6.45, 7) is 5.46. The third kappa shape index (κ3) is 4.81. The van der Waals surface area contributed by atoms with E-state index in [0.29, 0.717) is 10.7 Å². The predicted octanol–water partition coefficient (Wildman–Crippen LogP) is 3.29. The molecule has 0 aliphatic rings. The average Bonchev–Trinajstić information content (AvgIpc) is 2.55. The second-order valence-electron chi connectivity index (χ2n) is 5.77. The average molecular weight is 381 g/mol. The summed E-state index contributed by atoms with van der Waals surface area (Å²) >= 11 is 6.11. The van der Waals surface area contributed by atoms with Gasteiger partial charge in [0.2, 0.25) is 15.9 Å². The van der Waals surface area contributed by atoms with Crippen LogP contribution in [0.2, 0.25) is 5.02 Å². The van der Waals surface area contributed by atoms with Crippen LogP contribution >= 0.6 is 11.6 Å². The molecular formula is C18H21ClN2O3S. The monoisotopic (exact) mass is 380 g/mol. The van der Waals surface area contributed by atoms with Gasteiger partial charge in [0.15, 0.2) is 0 Å². The molecule has 0 unspecified atom stereocenters. The molecule has 134 valence electrons. The number of hydrogen-bond donors (Lipinski definition) is 1. The van der Waals surface area contributed by atoms with Gasteiger partial charge in [-0.15, -0.1) is 0 Å². The molecule has 2 rings (SSSR count). The largest absolute Gasteiger partial charge is 0.311 e. The molecule has 7 heteroatoms. The highest BCUT2D eigenvalue weighted by atomic mass is 35.5. The molecule has 0 atom stereocenters. The molecule has 2 aromatic rings.